The molecule has 3 saturated carbocycles. The van der Waals surface area contributed by atoms with E-state index in [4.69, 9.17) is 11.6 Å². The summed E-state index contributed by atoms with van der Waals surface area (Å²) in [6.07, 6.45) is 4.15. The molecule has 6 rings (SSSR count). The Hall–Kier alpha value is -6.28. The van der Waals surface area contributed by atoms with Gasteiger partial charge in [-0.1, -0.05) is 79.1 Å². The molecule has 6 aliphatic rings. The number of nitrogens with one attached hydrogen (secondary N) is 3. The number of halogens is 4. The zero-order chi connectivity index (χ0) is 70.6. The lowest BCUT2D eigenvalue weighted by molar-refractivity contribution is -0.182. The van der Waals surface area contributed by atoms with Crippen molar-refractivity contribution in [3.8, 4) is 0 Å². The highest BCUT2D eigenvalue weighted by molar-refractivity contribution is 6.20. The van der Waals surface area contributed by atoms with E-state index in [2.05, 4.69) is 16.0 Å². The standard InChI is InChI=1S/C67H108ClF3N12O12/c1-13-42(4)56-63(93)77(8)39-54(86)75(6)40-55(87)79(10)50(36-44-23-16-14-17-24-44)61(91)76(7)38-52(84)72-48(29-27-45-26-28-46(47(68)35-45)67(69,70)71)60(90)83-34-22-25-49(83)59(89)74-66(30-18-19-31-66)65(95)81(12)57(41(2)3)64(94)80(11)51(62(92)82-32-20-15-21-33-82)37-53(85)78(9)43(5)58(88)73-56/h41-51,56-57H,13-40H2,1-12H3,(H,72,84)(H,73,88)(H,74,89)/t42-,43-,45?,46?,47?,48-,49-,50-,51-,56-,57-/m0/s1. The largest absolute Gasteiger partial charge is 0.393 e. The van der Waals surface area contributed by atoms with Crippen LogP contribution in [0.15, 0.2) is 0 Å². The van der Waals surface area contributed by atoms with Crippen molar-refractivity contribution in [3.05, 3.63) is 0 Å². The first-order chi connectivity index (χ1) is 44.6. The molecular weight excluding hydrogens is 1260 g/mol. The van der Waals surface area contributed by atoms with Crippen LogP contribution in [0.5, 0.6) is 0 Å². The Bertz CT molecular complexity index is 2760. The van der Waals surface area contributed by atoms with E-state index in [1.165, 1.54) is 75.9 Å². The molecule has 3 N–H and O–H groups in total. The number of hydrogen-bond donors (Lipinski definition) is 3. The van der Waals surface area contributed by atoms with Gasteiger partial charge in [0.2, 0.25) is 70.9 Å². The molecule has 3 unspecified atom stereocenters. The summed E-state index contributed by atoms with van der Waals surface area (Å²) in [7, 11) is 9.81. The second-order valence-corrected chi connectivity index (χ2v) is 29.2. The van der Waals surface area contributed by atoms with E-state index in [0.717, 1.165) is 58.1 Å². The minimum atomic E-state index is -4.51. The molecule has 1 spiro atoms. The first-order valence-electron chi connectivity index (χ1n) is 34.6. The third-order valence-electron chi connectivity index (χ3n) is 21.5. The van der Waals surface area contributed by atoms with Gasteiger partial charge in [0.1, 0.15) is 47.8 Å². The number of carbonyl (C=O) groups excluding carboxylic acids is 12. The van der Waals surface area contributed by atoms with Crippen LogP contribution in [0.3, 0.4) is 0 Å². The topological polar surface area (TPSA) is 270 Å². The minimum absolute atomic E-state index is 0.000405. The molecule has 3 saturated heterocycles. The summed E-state index contributed by atoms with van der Waals surface area (Å²) >= 11 is 6.38. The predicted octanol–water partition coefficient (Wildman–Crippen LogP) is 4.53. The van der Waals surface area contributed by atoms with E-state index in [9.17, 15) is 56.3 Å². The maximum absolute atomic E-state index is 15.3. The van der Waals surface area contributed by atoms with Gasteiger partial charge in [0.15, 0.2) is 0 Å². The van der Waals surface area contributed by atoms with E-state index in [-0.39, 0.29) is 76.2 Å². The van der Waals surface area contributed by atoms with Crippen molar-refractivity contribution in [1.29, 1.82) is 0 Å². The van der Waals surface area contributed by atoms with Crippen molar-refractivity contribution >= 4 is 82.5 Å². The smallest absolute Gasteiger partial charge is 0.343 e. The van der Waals surface area contributed by atoms with Gasteiger partial charge in [0.25, 0.3) is 0 Å². The molecule has 0 radical (unpaired) electrons. The maximum atomic E-state index is 15.3. The molecule has 3 heterocycles. The van der Waals surface area contributed by atoms with Gasteiger partial charge < -0.3 is 60.0 Å². The molecule has 28 heteroatoms. The van der Waals surface area contributed by atoms with Crippen molar-refractivity contribution in [2.45, 2.75) is 235 Å². The lowest BCUT2D eigenvalue weighted by Gasteiger charge is -2.42. The Morgan fingerprint density at radius 3 is 1.82 bits per heavy atom. The lowest BCUT2D eigenvalue weighted by Crippen LogP contribution is -2.65. The third-order valence-corrected chi connectivity index (χ3v) is 22.0. The molecule has 24 nitrogen and oxygen atoms in total. The van der Waals surface area contributed by atoms with Crippen molar-refractivity contribution < 1.29 is 70.7 Å². The second-order valence-electron chi connectivity index (χ2n) is 28.6. The number of piperidine rings is 1. The van der Waals surface area contributed by atoms with E-state index in [0.29, 0.717) is 51.6 Å². The van der Waals surface area contributed by atoms with Crippen LogP contribution in [-0.4, -0.2) is 263 Å². The number of likely N-dealkylation sites (tertiary alicyclic amines) is 1. The number of hydrogen-bond acceptors (Lipinski definition) is 12. The van der Waals surface area contributed by atoms with Crippen LogP contribution in [0.1, 0.15) is 176 Å². The van der Waals surface area contributed by atoms with Gasteiger partial charge in [-0.2, -0.15) is 13.2 Å². The van der Waals surface area contributed by atoms with Crippen molar-refractivity contribution in [2.75, 3.05) is 88.6 Å². The van der Waals surface area contributed by atoms with Crippen LogP contribution in [0, 0.1) is 29.6 Å². The molecule has 536 valence electrons. The van der Waals surface area contributed by atoms with Gasteiger partial charge in [-0.05, 0) is 114 Å². The SMILES string of the molecule is CC[C@H](C)[C@@H]1NC(=O)[C@H](C)N(C)C(=O)C[C@@H](C(=O)N2CCCCC2)N(C)C(=O)[C@H](C(C)C)N(C)C(=O)C2(CCCC2)NC(=O)[C@@H]2CCCN2C(=O)[C@H](CCC2CCC(C(F)(F)F)C(Cl)C2)NC(=O)CN(C)C(=O)[C@H](CC2CCCCC2)N(C)C(=O)CN(C)C(=O)CN(C)C1=O. The Morgan fingerprint density at radius 1 is 0.611 bits per heavy atom. The van der Waals surface area contributed by atoms with E-state index >= 15 is 14.4 Å². The van der Waals surface area contributed by atoms with Crippen molar-refractivity contribution in [2.24, 2.45) is 29.6 Å². The Labute approximate surface area is 564 Å². The van der Waals surface area contributed by atoms with Gasteiger partial charge >= 0.3 is 6.18 Å². The fourth-order valence-electron chi connectivity index (χ4n) is 14.9. The minimum Gasteiger partial charge on any atom is -0.343 e. The normalized spacial score (nSPS) is 29.9. The summed E-state index contributed by atoms with van der Waals surface area (Å²) in [6, 6.07) is -8.65. The Kier molecular flexibility index (Phi) is 28.0. The summed E-state index contributed by atoms with van der Waals surface area (Å²) < 4.78 is 41.9. The van der Waals surface area contributed by atoms with E-state index in [1.807, 2.05) is 6.92 Å². The quantitative estimate of drug-likeness (QED) is 0.269. The highest BCUT2D eigenvalue weighted by Crippen LogP contribution is 2.44. The van der Waals surface area contributed by atoms with Crippen molar-refractivity contribution in [1.82, 2.24) is 60.0 Å². The highest BCUT2D eigenvalue weighted by atomic mass is 35.5. The van der Waals surface area contributed by atoms with Gasteiger partial charge in [0, 0.05) is 74.3 Å². The summed E-state index contributed by atoms with van der Waals surface area (Å²) in [5.41, 5.74) is -1.56. The fourth-order valence-corrected chi connectivity index (χ4v) is 15.5. The highest BCUT2D eigenvalue weighted by Gasteiger charge is 2.51. The predicted molar refractivity (Wildman–Crippen MR) is 349 cm³/mol. The molecule has 0 bridgehead atoms. The lowest BCUT2D eigenvalue weighted by atomic mass is 9.78. The van der Waals surface area contributed by atoms with Gasteiger partial charge in [-0.25, -0.2) is 0 Å². The summed E-state index contributed by atoms with van der Waals surface area (Å²) in [5, 5.41) is 7.42. The molecule has 6 fully saturated rings. The molecule has 0 aromatic rings. The van der Waals surface area contributed by atoms with Crippen LogP contribution in [0.4, 0.5) is 13.2 Å². The first-order valence-corrected chi connectivity index (χ1v) is 35.1. The van der Waals surface area contributed by atoms with Crippen LogP contribution in [0.25, 0.3) is 0 Å². The van der Waals surface area contributed by atoms with Gasteiger partial charge in [-0.3, -0.25) is 57.5 Å². The number of fused-ring (bicyclic) bond motifs is 1. The molecule has 11 atom stereocenters. The van der Waals surface area contributed by atoms with E-state index in [1.54, 1.807) is 25.7 Å². The zero-order valence-electron chi connectivity index (χ0n) is 58.2. The molecular formula is C67H108ClF3N12O12. The number of amides is 12. The van der Waals surface area contributed by atoms with Gasteiger partial charge in [0.05, 0.1) is 32.0 Å². The first kappa shape index (κ1) is 77.7. The molecule has 0 aromatic carbocycles. The number of rotatable bonds is 9. The molecule has 3 aliphatic carbocycles. The Balaban J connectivity index is 1.38. The van der Waals surface area contributed by atoms with Gasteiger partial charge in [-0.15, -0.1) is 11.6 Å². The average Bonchev–Trinajstić information content (AvgIpc) is 1.72. The molecule has 0 aromatic heterocycles. The molecule has 95 heavy (non-hydrogen) atoms. The average molecular weight is 1370 g/mol. The summed E-state index contributed by atoms with van der Waals surface area (Å²) in [4.78, 5) is 187. The number of likely N-dealkylation sites (N-methyl/N-ethyl adjacent to an activating group) is 7. The maximum Gasteiger partial charge on any atom is 0.393 e. The Morgan fingerprint density at radius 2 is 1.22 bits per heavy atom. The summed E-state index contributed by atoms with van der Waals surface area (Å²) in [6.45, 7) is 7.66. The van der Waals surface area contributed by atoms with Crippen molar-refractivity contribution in [3.63, 3.8) is 0 Å². The number of nitrogens with zero attached hydrogens (tertiary/aromatic N) is 9. The van der Waals surface area contributed by atoms with Crippen LogP contribution < -0.4 is 16.0 Å². The number of carbonyl (C=O) groups is 12. The molecule has 12 amide bonds. The third kappa shape index (κ3) is 19.5. The van der Waals surface area contributed by atoms with Crippen LogP contribution in [0.2, 0.25) is 0 Å². The van der Waals surface area contributed by atoms with E-state index < -0.39 is 174 Å². The zero-order valence-corrected chi connectivity index (χ0v) is 59.0. The number of alkyl halides is 4. The van der Waals surface area contributed by atoms with Crippen LogP contribution >= 0.6 is 11.6 Å². The van der Waals surface area contributed by atoms with Crippen LogP contribution in [-0.2, 0) is 57.5 Å². The fraction of sp³-hybridized carbons (Fsp3) is 0.821. The molecule has 3 aliphatic heterocycles. The monoisotopic (exact) mass is 1360 g/mol. The summed E-state index contributed by atoms with van der Waals surface area (Å²) in [5.74, 6) is -10.9. The second kappa shape index (κ2) is 34.3.